The van der Waals surface area contributed by atoms with Crippen LogP contribution in [0.15, 0.2) is 71.2 Å². The Labute approximate surface area is 186 Å². The third-order valence-electron chi connectivity index (χ3n) is 4.42. The summed E-state index contributed by atoms with van der Waals surface area (Å²) < 4.78 is 6.24. The van der Waals surface area contributed by atoms with Gasteiger partial charge in [-0.1, -0.05) is 34.1 Å². The van der Waals surface area contributed by atoms with Gasteiger partial charge in [0, 0.05) is 15.6 Å². The summed E-state index contributed by atoms with van der Waals surface area (Å²) in [5.74, 6) is 1.01. The van der Waals surface area contributed by atoms with E-state index in [0.29, 0.717) is 17.0 Å². The van der Waals surface area contributed by atoms with Crippen LogP contribution in [0.25, 0.3) is 22.4 Å². The number of aromatic amines is 1. The van der Waals surface area contributed by atoms with Gasteiger partial charge in [-0.05, 0) is 60.7 Å². The molecular weight excluding hydrogens is 464 g/mol. The second-order valence-corrected chi connectivity index (χ2v) is 7.76. The molecule has 3 aromatic carbocycles. The maximum atomic E-state index is 12.4. The Morgan fingerprint density at radius 2 is 1.93 bits per heavy atom. The molecule has 1 heterocycles. The standard InChI is InChI=1S/C22H17BrN4O2S/c1-29-19-10-9-13(20-24-16-7-2-3-8-17(16)25-20)12-18(19)26-22(30)27-21(28)14-5-4-6-15(23)11-14/h2-12H,1H3,(H,24,25)(H2,26,27,28,30). The van der Waals surface area contributed by atoms with Crippen LogP contribution >= 0.6 is 28.1 Å². The first-order valence-corrected chi connectivity index (χ1v) is 10.2. The average Bonchev–Trinajstić information content (AvgIpc) is 3.18. The van der Waals surface area contributed by atoms with E-state index in [1.807, 2.05) is 48.5 Å². The summed E-state index contributed by atoms with van der Waals surface area (Å²) in [6, 6.07) is 20.5. The molecule has 8 heteroatoms. The highest BCUT2D eigenvalue weighted by atomic mass is 79.9. The van der Waals surface area contributed by atoms with E-state index in [9.17, 15) is 4.79 Å². The third kappa shape index (κ3) is 4.34. The molecule has 0 saturated carbocycles. The van der Waals surface area contributed by atoms with Crippen LogP contribution in [0.3, 0.4) is 0 Å². The van der Waals surface area contributed by atoms with Crippen molar-refractivity contribution in [3.63, 3.8) is 0 Å². The van der Waals surface area contributed by atoms with E-state index in [-0.39, 0.29) is 11.0 Å². The van der Waals surface area contributed by atoms with Crippen molar-refractivity contribution in [2.75, 3.05) is 12.4 Å². The van der Waals surface area contributed by atoms with Crippen LogP contribution in [0.1, 0.15) is 10.4 Å². The molecule has 0 saturated heterocycles. The number of fused-ring (bicyclic) bond motifs is 1. The monoisotopic (exact) mass is 480 g/mol. The number of amides is 1. The number of rotatable bonds is 4. The van der Waals surface area contributed by atoms with Gasteiger partial charge in [0.05, 0.1) is 23.8 Å². The number of H-pyrrole nitrogens is 1. The van der Waals surface area contributed by atoms with E-state index >= 15 is 0 Å². The molecule has 4 aromatic rings. The van der Waals surface area contributed by atoms with Crippen molar-refractivity contribution in [1.82, 2.24) is 15.3 Å². The van der Waals surface area contributed by atoms with Gasteiger partial charge in [0.1, 0.15) is 11.6 Å². The van der Waals surface area contributed by atoms with Crippen LogP contribution in [0, 0.1) is 0 Å². The molecule has 0 aliphatic carbocycles. The number of imidazole rings is 1. The van der Waals surface area contributed by atoms with Crippen LogP contribution in [0.5, 0.6) is 5.75 Å². The summed E-state index contributed by atoms with van der Waals surface area (Å²) >= 11 is 8.69. The zero-order chi connectivity index (χ0) is 21.1. The molecule has 3 N–H and O–H groups in total. The van der Waals surface area contributed by atoms with Gasteiger partial charge in [0.25, 0.3) is 5.91 Å². The highest BCUT2D eigenvalue weighted by Crippen LogP contribution is 2.30. The number of para-hydroxylation sites is 2. The maximum Gasteiger partial charge on any atom is 0.257 e. The lowest BCUT2D eigenvalue weighted by atomic mass is 10.1. The minimum Gasteiger partial charge on any atom is -0.495 e. The number of aromatic nitrogens is 2. The zero-order valence-electron chi connectivity index (χ0n) is 15.9. The number of nitrogens with one attached hydrogen (secondary N) is 3. The van der Waals surface area contributed by atoms with Crippen LogP contribution in [0.4, 0.5) is 5.69 Å². The fourth-order valence-electron chi connectivity index (χ4n) is 3.00. The van der Waals surface area contributed by atoms with Crippen LogP contribution < -0.4 is 15.4 Å². The quantitative estimate of drug-likeness (QED) is 0.353. The predicted molar refractivity (Wildman–Crippen MR) is 126 cm³/mol. The number of halogens is 1. The number of ether oxygens (including phenoxy) is 1. The van der Waals surface area contributed by atoms with E-state index < -0.39 is 0 Å². The molecule has 0 spiro atoms. The Balaban J connectivity index is 1.56. The van der Waals surface area contributed by atoms with E-state index in [2.05, 4.69) is 36.5 Å². The number of hydrogen-bond donors (Lipinski definition) is 3. The van der Waals surface area contributed by atoms with Crippen molar-refractivity contribution in [3.8, 4) is 17.1 Å². The molecule has 0 fully saturated rings. The van der Waals surface area contributed by atoms with Gasteiger partial charge in [0.15, 0.2) is 5.11 Å². The number of carbonyl (C=O) groups excluding carboxylic acids is 1. The summed E-state index contributed by atoms with van der Waals surface area (Å²) in [6.07, 6.45) is 0. The Hall–Kier alpha value is -3.23. The van der Waals surface area contributed by atoms with Crippen molar-refractivity contribution >= 4 is 55.9 Å². The number of anilines is 1. The lowest BCUT2D eigenvalue weighted by Crippen LogP contribution is -2.34. The first-order valence-electron chi connectivity index (χ1n) is 9.04. The fraction of sp³-hybridized carbons (Fsp3) is 0.0455. The second-order valence-electron chi connectivity index (χ2n) is 6.44. The number of carbonyl (C=O) groups is 1. The summed E-state index contributed by atoms with van der Waals surface area (Å²) in [5, 5.41) is 5.89. The van der Waals surface area contributed by atoms with Crippen molar-refractivity contribution < 1.29 is 9.53 Å². The van der Waals surface area contributed by atoms with Gasteiger partial charge in [-0.2, -0.15) is 0 Å². The molecule has 0 bridgehead atoms. The van der Waals surface area contributed by atoms with Crippen molar-refractivity contribution in [2.45, 2.75) is 0 Å². The van der Waals surface area contributed by atoms with Gasteiger partial charge in [-0.15, -0.1) is 0 Å². The van der Waals surface area contributed by atoms with Gasteiger partial charge in [-0.3, -0.25) is 10.1 Å². The van der Waals surface area contributed by atoms with Gasteiger partial charge < -0.3 is 15.0 Å². The number of methoxy groups -OCH3 is 1. The summed E-state index contributed by atoms with van der Waals surface area (Å²) in [5.41, 5.74) is 3.81. The summed E-state index contributed by atoms with van der Waals surface area (Å²) in [6.45, 7) is 0. The summed E-state index contributed by atoms with van der Waals surface area (Å²) in [7, 11) is 1.57. The molecule has 6 nitrogen and oxygen atoms in total. The van der Waals surface area contributed by atoms with Crippen molar-refractivity contribution in [2.24, 2.45) is 0 Å². The van der Waals surface area contributed by atoms with E-state index in [0.717, 1.165) is 26.9 Å². The SMILES string of the molecule is COc1ccc(-c2nc3ccccc3[nH]2)cc1NC(=S)NC(=O)c1cccc(Br)c1. The molecule has 150 valence electrons. The van der Waals surface area contributed by atoms with Gasteiger partial charge in [-0.25, -0.2) is 4.98 Å². The molecule has 0 aliphatic rings. The molecule has 0 radical (unpaired) electrons. The number of nitrogens with zero attached hydrogens (tertiary/aromatic N) is 1. The van der Waals surface area contributed by atoms with Gasteiger partial charge >= 0.3 is 0 Å². The Morgan fingerprint density at radius 1 is 1.10 bits per heavy atom. The number of benzene rings is 3. The second kappa shape index (κ2) is 8.64. The van der Waals surface area contributed by atoms with Crippen LogP contribution in [-0.4, -0.2) is 28.1 Å². The lowest BCUT2D eigenvalue weighted by Gasteiger charge is -2.14. The first-order chi connectivity index (χ1) is 14.5. The maximum absolute atomic E-state index is 12.4. The molecule has 30 heavy (non-hydrogen) atoms. The normalized spacial score (nSPS) is 10.6. The smallest absolute Gasteiger partial charge is 0.257 e. The zero-order valence-corrected chi connectivity index (χ0v) is 18.3. The molecular formula is C22H17BrN4O2S. The summed E-state index contributed by atoms with van der Waals surface area (Å²) in [4.78, 5) is 20.4. The minimum atomic E-state index is -0.304. The average molecular weight is 481 g/mol. The predicted octanol–water partition coefficient (Wildman–Crippen LogP) is 5.13. The van der Waals surface area contributed by atoms with Crippen LogP contribution in [-0.2, 0) is 0 Å². The lowest BCUT2D eigenvalue weighted by molar-refractivity contribution is 0.0977. The van der Waals surface area contributed by atoms with Gasteiger partial charge in [0.2, 0.25) is 0 Å². The first kappa shape index (κ1) is 20.1. The molecule has 0 aliphatic heterocycles. The topological polar surface area (TPSA) is 79.0 Å². The van der Waals surface area contributed by atoms with E-state index in [4.69, 9.17) is 17.0 Å². The van der Waals surface area contributed by atoms with Crippen molar-refractivity contribution in [1.29, 1.82) is 0 Å². The highest BCUT2D eigenvalue weighted by Gasteiger charge is 2.13. The Bertz CT molecular complexity index is 1220. The third-order valence-corrected chi connectivity index (χ3v) is 5.12. The largest absolute Gasteiger partial charge is 0.495 e. The highest BCUT2D eigenvalue weighted by molar-refractivity contribution is 9.10. The van der Waals surface area contributed by atoms with Crippen molar-refractivity contribution in [3.05, 3.63) is 76.8 Å². The Morgan fingerprint density at radius 3 is 2.70 bits per heavy atom. The molecule has 0 unspecified atom stereocenters. The number of thiocarbonyl (C=S) groups is 1. The van der Waals surface area contributed by atoms with E-state index in [1.54, 1.807) is 25.3 Å². The van der Waals surface area contributed by atoms with E-state index in [1.165, 1.54) is 0 Å². The van der Waals surface area contributed by atoms with Crippen LogP contribution in [0.2, 0.25) is 0 Å². The molecule has 1 aromatic heterocycles. The molecule has 0 atom stereocenters. The fourth-order valence-corrected chi connectivity index (χ4v) is 3.60. The molecule has 1 amide bonds. The molecule has 4 rings (SSSR count). The Kier molecular flexibility index (Phi) is 5.78. The number of hydrogen-bond acceptors (Lipinski definition) is 4. The minimum absolute atomic E-state index is 0.167.